The Bertz CT molecular complexity index is 465. The monoisotopic (exact) mass is 216 g/mol. The van der Waals surface area contributed by atoms with Crippen LogP contribution in [0, 0.1) is 0 Å². The Hall–Kier alpha value is -1.58. The normalized spacial score (nSPS) is 12.6. The van der Waals surface area contributed by atoms with Gasteiger partial charge in [-0.15, -0.1) is 0 Å². The first-order valence-corrected chi connectivity index (χ1v) is 5.41. The van der Waals surface area contributed by atoms with Gasteiger partial charge in [-0.2, -0.15) is 0 Å². The van der Waals surface area contributed by atoms with Gasteiger partial charge in [0.15, 0.2) is 0 Å². The highest BCUT2D eigenvalue weighted by Gasteiger charge is 2.02. The Balaban J connectivity index is 2.23. The highest BCUT2D eigenvalue weighted by atomic mass is 16.3. The molecule has 3 heteroatoms. The second-order valence-corrected chi connectivity index (χ2v) is 3.80. The van der Waals surface area contributed by atoms with E-state index in [1.165, 1.54) is 5.39 Å². The summed E-state index contributed by atoms with van der Waals surface area (Å²) in [5.74, 6) is 0. The van der Waals surface area contributed by atoms with Crippen molar-refractivity contribution in [2.45, 2.75) is 6.10 Å². The molecule has 2 aromatic rings. The first-order valence-electron chi connectivity index (χ1n) is 5.41. The molecule has 0 amide bonds. The molecule has 2 aromatic carbocycles. The average Bonchev–Trinajstić information content (AvgIpc) is 2.35. The third-order valence-corrected chi connectivity index (χ3v) is 2.59. The number of nitrogens with one attached hydrogen (secondary N) is 1. The lowest BCUT2D eigenvalue weighted by Crippen LogP contribution is -2.27. The van der Waals surface area contributed by atoms with Gasteiger partial charge in [0, 0.05) is 24.2 Å². The number of fused-ring (bicyclic) bond motifs is 1. The highest BCUT2D eigenvalue weighted by Crippen LogP contribution is 2.22. The van der Waals surface area contributed by atoms with Crippen LogP contribution >= 0.6 is 0 Å². The summed E-state index contributed by atoms with van der Waals surface area (Å²) in [4.78, 5) is 0. The number of hydrogen-bond donors (Lipinski definition) is 3. The zero-order valence-electron chi connectivity index (χ0n) is 9.06. The maximum Gasteiger partial charge on any atom is 0.0834 e. The van der Waals surface area contributed by atoms with Crippen LogP contribution < -0.4 is 11.1 Å². The van der Waals surface area contributed by atoms with Crippen molar-refractivity contribution in [3.63, 3.8) is 0 Å². The van der Waals surface area contributed by atoms with Gasteiger partial charge in [-0.05, 0) is 11.5 Å². The molecular formula is C13H16N2O. The third kappa shape index (κ3) is 2.32. The average molecular weight is 216 g/mol. The maximum absolute atomic E-state index is 9.40. The predicted octanol–water partition coefficient (Wildman–Crippen LogP) is 1.57. The molecule has 4 N–H and O–H groups in total. The molecule has 1 atom stereocenters. The van der Waals surface area contributed by atoms with Gasteiger partial charge >= 0.3 is 0 Å². The Labute approximate surface area is 94.9 Å². The molecule has 0 fully saturated rings. The summed E-state index contributed by atoms with van der Waals surface area (Å²) < 4.78 is 0. The van der Waals surface area contributed by atoms with Gasteiger partial charge in [0.25, 0.3) is 0 Å². The van der Waals surface area contributed by atoms with Crippen molar-refractivity contribution in [1.82, 2.24) is 0 Å². The van der Waals surface area contributed by atoms with E-state index in [9.17, 15) is 5.11 Å². The molecule has 0 radical (unpaired) electrons. The van der Waals surface area contributed by atoms with Crippen molar-refractivity contribution in [2.75, 3.05) is 18.4 Å². The highest BCUT2D eigenvalue weighted by molar-refractivity contribution is 5.93. The van der Waals surface area contributed by atoms with E-state index >= 15 is 0 Å². The standard InChI is InChI=1S/C13H16N2O/c14-8-11(16)9-15-13-7-3-5-10-4-1-2-6-12(10)13/h1-7,11,15-16H,8-9,14H2. The van der Waals surface area contributed by atoms with Gasteiger partial charge < -0.3 is 16.2 Å². The smallest absolute Gasteiger partial charge is 0.0834 e. The van der Waals surface area contributed by atoms with Gasteiger partial charge in [-0.1, -0.05) is 36.4 Å². The number of rotatable bonds is 4. The Morgan fingerprint density at radius 3 is 2.69 bits per heavy atom. The number of anilines is 1. The van der Waals surface area contributed by atoms with E-state index in [-0.39, 0.29) is 6.54 Å². The molecule has 16 heavy (non-hydrogen) atoms. The Kier molecular flexibility index (Phi) is 3.39. The van der Waals surface area contributed by atoms with Gasteiger partial charge in [-0.3, -0.25) is 0 Å². The minimum atomic E-state index is -0.501. The van der Waals surface area contributed by atoms with Crippen molar-refractivity contribution in [1.29, 1.82) is 0 Å². The van der Waals surface area contributed by atoms with E-state index in [0.29, 0.717) is 6.54 Å². The molecule has 0 aliphatic rings. The van der Waals surface area contributed by atoms with Gasteiger partial charge in [0.1, 0.15) is 0 Å². The van der Waals surface area contributed by atoms with E-state index < -0.39 is 6.10 Å². The molecule has 0 aliphatic heterocycles. The zero-order chi connectivity index (χ0) is 11.4. The summed E-state index contributed by atoms with van der Waals surface area (Å²) >= 11 is 0. The minimum Gasteiger partial charge on any atom is -0.390 e. The largest absolute Gasteiger partial charge is 0.390 e. The number of benzene rings is 2. The Morgan fingerprint density at radius 1 is 1.12 bits per heavy atom. The number of aliphatic hydroxyl groups is 1. The summed E-state index contributed by atoms with van der Waals surface area (Å²) in [6.07, 6.45) is -0.501. The maximum atomic E-state index is 9.40. The molecule has 84 valence electrons. The van der Waals surface area contributed by atoms with Gasteiger partial charge in [0.2, 0.25) is 0 Å². The molecule has 0 saturated heterocycles. The second-order valence-electron chi connectivity index (χ2n) is 3.80. The number of aliphatic hydroxyl groups excluding tert-OH is 1. The van der Waals surface area contributed by atoms with Crippen LogP contribution in [-0.4, -0.2) is 24.3 Å². The summed E-state index contributed by atoms with van der Waals surface area (Å²) in [7, 11) is 0. The summed E-state index contributed by atoms with van der Waals surface area (Å²) in [5.41, 5.74) is 6.39. The predicted molar refractivity (Wildman–Crippen MR) is 67.5 cm³/mol. The van der Waals surface area contributed by atoms with Crippen molar-refractivity contribution < 1.29 is 5.11 Å². The lowest BCUT2D eigenvalue weighted by molar-refractivity contribution is 0.196. The third-order valence-electron chi connectivity index (χ3n) is 2.59. The van der Waals surface area contributed by atoms with E-state index in [1.807, 2.05) is 24.3 Å². The summed E-state index contributed by atoms with van der Waals surface area (Å²) in [5, 5.41) is 15.0. The van der Waals surface area contributed by atoms with Crippen molar-refractivity contribution in [2.24, 2.45) is 5.73 Å². The van der Waals surface area contributed by atoms with Crippen molar-refractivity contribution in [3.05, 3.63) is 42.5 Å². The molecule has 0 saturated carbocycles. The number of nitrogens with two attached hydrogens (primary N) is 1. The van der Waals surface area contributed by atoms with E-state index in [2.05, 4.69) is 23.5 Å². The molecule has 0 bridgehead atoms. The van der Waals surface area contributed by atoms with Crippen molar-refractivity contribution in [3.8, 4) is 0 Å². The quantitative estimate of drug-likeness (QED) is 0.727. The van der Waals surface area contributed by atoms with E-state index in [0.717, 1.165) is 11.1 Å². The molecular weight excluding hydrogens is 200 g/mol. The first-order chi connectivity index (χ1) is 7.81. The van der Waals surface area contributed by atoms with Gasteiger partial charge in [-0.25, -0.2) is 0 Å². The van der Waals surface area contributed by atoms with E-state index in [1.54, 1.807) is 0 Å². The fourth-order valence-electron chi connectivity index (χ4n) is 1.69. The Morgan fingerprint density at radius 2 is 1.88 bits per heavy atom. The van der Waals surface area contributed by atoms with Crippen LogP contribution in [0.25, 0.3) is 10.8 Å². The zero-order valence-corrected chi connectivity index (χ0v) is 9.06. The van der Waals surface area contributed by atoms with Crippen LogP contribution in [0.4, 0.5) is 5.69 Å². The van der Waals surface area contributed by atoms with E-state index in [4.69, 9.17) is 5.73 Å². The topological polar surface area (TPSA) is 58.3 Å². The minimum absolute atomic E-state index is 0.276. The lowest BCUT2D eigenvalue weighted by atomic mass is 10.1. The molecule has 0 aromatic heterocycles. The number of hydrogen-bond acceptors (Lipinski definition) is 3. The lowest BCUT2D eigenvalue weighted by Gasteiger charge is -2.12. The van der Waals surface area contributed by atoms with Gasteiger partial charge in [0.05, 0.1) is 6.10 Å². The molecule has 0 heterocycles. The van der Waals surface area contributed by atoms with Crippen molar-refractivity contribution >= 4 is 16.5 Å². The molecule has 1 unspecified atom stereocenters. The first kappa shape index (κ1) is 10.9. The summed E-state index contributed by atoms with van der Waals surface area (Å²) in [6, 6.07) is 14.2. The molecule has 2 rings (SSSR count). The summed E-state index contributed by atoms with van der Waals surface area (Å²) in [6.45, 7) is 0.752. The molecule has 3 nitrogen and oxygen atoms in total. The fourth-order valence-corrected chi connectivity index (χ4v) is 1.69. The molecule has 0 aliphatic carbocycles. The van der Waals surface area contributed by atoms with Crippen LogP contribution in [0.1, 0.15) is 0 Å². The SMILES string of the molecule is NCC(O)CNc1cccc2ccccc12. The fraction of sp³-hybridized carbons (Fsp3) is 0.231. The van der Waals surface area contributed by atoms with Crippen LogP contribution in [-0.2, 0) is 0 Å². The van der Waals surface area contributed by atoms with Crippen LogP contribution in [0.3, 0.4) is 0 Å². The van der Waals surface area contributed by atoms with Crippen LogP contribution in [0.15, 0.2) is 42.5 Å². The molecule has 0 spiro atoms. The van der Waals surface area contributed by atoms with Crippen LogP contribution in [0.5, 0.6) is 0 Å². The van der Waals surface area contributed by atoms with Crippen LogP contribution in [0.2, 0.25) is 0 Å². The second kappa shape index (κ2) is 4.96.